The van der Waals surface area contributed by atoms with Gasteiger partial charge < -0.3 is 0 Å². The van der Waals surface area contributed by atoms with Crippen molar-refractivity contribution in [3.05, 3.63) is 68.8 Å². The van der Waals surface area contributed by atoms with Gasteiger partial charge in [0, 0.05) is 8.59 Å². The lowest BCUT2D eigenvalue weighted by Crippen LogP contribution is -2.00. The van der Waals surface area contributed by atoms with Crippen LogP contribution in [0.4, 0.5) is 0 Å². The second-order valence-electron chi connectivity index (χ2n) is 3.18. The fourth-order valence-corrected chi connectivity index (χ4v) is 1.69. The van der Waals surface area contributed by atoms with Gasteiger partial charge >= 0.3 is 5.97 Å². The van der Waals surface area contributed by atoms with E-state index in [-0.39, 0.29) is 5.56 Å². The normalized spacial score (nSPS) is 9.06. The van der Waals surface area contributed by atoms with Gasteiger partial charge in [-0.25, -0.2) is 4.79 Å². The Morgan fingerprint density at radius 3 is 2.22 bits per heavy atom. The standard InChI is InChI=1S/C7H5ClO3.C6H5I/c8-6-3-1-2-5(4-6)7(9)11-10;7-6-4-2-1-3-5-6/h1-4,10H;1-5H. The molecule has 0 unspecified atom stereocenters. The Balaban J connectivity index is 0.000000199. The van der Waals surface area contributed by atoms with Crippen LogP contribution in [0.15, 0.2) is 54.6 Å². The molecule has 1 N–H and O–H groups in total. The van der Waals surface area contributed by atoms with Crippen LogP contribution in [0.3, 0.4) is 0 Å². The Kier molecular flexibility index (Phi) is 6.70. The number of carbonyl (C=O) groups is 1. The van der Waals surface area contributed by atoms with E-state index in [0.29, 0.717) is 5.02 Å². The summed E-state index contributed by atoms with van der Waals surface area (Å²) in [4.78, 5) is 14.1. The van der Waals surface area contributed by atoms with E-state index >= 15 is 0 Å². The molecule has 0 aliphatic heterocycles. The quantitative estimate of drug-likeness (QED) is 0.459. The van der Waals surface area contributed by atoms with Gasteiger partial charge in [-0.3, -0.25) is 4.89 Å². The van der Waals surface area contributed by atoms with Crippen molar-refractivity contribution >= 4 is 40.2 Å². The summed E-state index contributed by atoms with van der Waals surface area (Å²) < 4.78 is 1.29. The first-order valence-electron chi connectivity index (χ1n) is 4.95. The number of rotatable bonds is 1. The van der Waals surface area contributed by atoms with E-state index in [4.69, 9.17) is 16.9 Å². The molecule has 0 saturated carbocycles. The zero-order valence-corrected chi connectivity index (χ0v) is 12.1. The molecule has 0 fully saturated rings. The van der Waals surface area contributed by atoms with Crippen molar-refractivity contribution in [1.29, 1.82) is 0 Å². The van der Waals surface area contributed by atoms with E-state index in [1.807, 2.05) is 18.2 Å². The van der Waals surface area contributed by atoms with Gasteiger partial charge in [-0.05, 0) is 52.9 Å². The van der Waals surface area contributed by atoms with E-state index in [1.165, 1.54) is 15.7 Å². The minimum Gasteiger partial charge on any atom is -0.296 e. The van der Waals surface area contributed by atoms with Crippen molar-refractivity contribution in [3.63, 3.8) is 0 Å². The fraction of sp³-hybridized carbons (Fsp3) is 0. The molecule has 2 aromatic rings. The Bertz CT molecular complexity index is 503. The highest BCUT2D eigenvalue weighted by Gasteiger charge is 2.05. The number of halogens is 2. The molecule has 2 aromatic carbocycles. The van der Waals surface area contributed by atoms with Crippen LogP contribution in [0.25, 0.3) is 0 Å². The average molecular weight is 377 g/mol. The molecule has 0 bridgehead atoms. The minimum atomic E-state index is -0.813. The molecule has 0 saturated heterocycles. The molecule has 0 aromatic heterocycles. The van der Waals surface area contributed by atoms with E-state index in [1.54, 1.807) is 12.1 Å². The molecular weight excluding hydrogens is 366 g/mol. The lowest BCUT2D eigenvalue weighted by atomic mass is 10.2. The molecular formula is C13H10ClIO3. The maximum atomic E-state index is 10.6. The Hall–Kier alpha value is -1.11. The summed E-state index contributed by atoms with van der Waals surface area (Å²) in [5.74, 6) is -0.813. The highest BCUT2D eigenvalue weighted by Crippen LogP contribution is 2.10. The van der Waals surface area contributed by atoms with E-state index in [9.17, 15) is 4.79 Å². The van der Waals surface area contributed by atoms with Gasteiger partial charge in [0.1, 0.15) is 0 Å². The molecule has 0 spiro atoms. The topological polar surface area (TPSA) is 46.5 Å². The molecule has 5 heteroatoms. The third-order valence-electron chi connectivity index (χ3n) is 1.88. The SMILES string of the molecule is Ic1ccccc1.O=C(OO)c1cccc(Cl)c1. The molecule has 0 aliphatic rings. The van der Waals surface area contributed by atoms with E-state index in [2.05, 4.69) is 39.6 Å². The van der Waals surface area contributed by atoms with Gasteiger partial charge in [0.15, 0.2) is 0 Å². The van der Waals surface area contributed by atoms with Crippen molar-refractivity contribution in [2.45, 2.75) is 0 Å². The van der Waals surface area contributed by atoms with Crippen molar-refractivity contribution in [2.75, 3.05) is 0 Å². The number of benzene rings is 2. The Labute approximate surface area is 123 Å². The second kappa shape index (κ2) is 8.07. The first-order chi connectivity index (χ1) is 8.63. The maximum absolute atomic E-state index is 10.6. The first-order valence-corrected chi connectivity index (χ1v) is 6.41. The van der Waals surface area contributed by atoms with Crippen molar-refractivity contribution in [2.24, 2.45) is 0 Å². The van der Waals surface area contributed by atoms with E-state index < -0.39 is 5.97 Å². The van der Waals surface area contributed by atoms with Crippen LogP contribution < -0.4 is 0 Å². The average Bonchev–Trinajstić information content (AvgIpc) is 2.39. The Morgan fingerprint density at radius 2 is 1.78 bits per heavy atom. The highest BCUT2D eigenvalue weighted by atomic mass is 127. The van der Waals surface area contributed by atoms with Crippen LogP contribution in [0.1, 0.15) is 10.4 Å². The molecule has 0 amide bonds. The summed E-state index contributed by atoms with van der Waals surface area (Å²) in [6.07, 6.45) is 0. The molecule has 0 heterocycles. The van der Waals surface area contributed by atoms with Crippen LogP contribution in [0.5, 0.6) is 0 Å². The number of hydrogen-bond donors (Lipinski definition) is 1. The van der Waals surface area contributed by atoms with Gasteiger partial charge in [-0.2, -0.15) is 5.26 Å². The predicted octanol–water partition coefficient (Wildman–Crippen LogP) is 4.26. The Morgan fingerprint density at radius 1 is 1.11 bits per heavy atom. The third kappa shape index (κ3) is 5.48. The first kappa shape index (κ1) is 14.9. The van der Waals surface area contributed by atoms with Gasteiger partial charge in [0.2, 0.25) is 0 Å². The largest absolute Gasteiger partial charge is 0.372 e. The smallest absolute Gasteiger partial charge is 0.296 e. The van der Waals surface area contributed by atoms with Crippen LogP contribution in [-0.4, -0.2) is 11.2 Å². The zero-order valence-electron chi connectivity index (χ0n) is 9.22. The molecule has 18 heavy (non-hydrogen) atoms. The monoisotopic (exact) mass is 376 g/mol. The van der Waals surface area contributed by atoms with Crippen LogP contribution in [0, 0.1) is 3.57 Å². The van der Waals surface area contributed by atoms with Crippen molar-refractivity contribution in [1.82, 2.24) is 0 Å². The van der Waals surface area contributed by atoms with Gasteiger partial charge in [0.05, 0.1) is 5.56 Å². The van der Waals surface area contributed by atoms with E-state index in [0.717, 1.165) is 0 Å². The molecule has 3 nitrogen and oxygen atoms in total. The fourth-order valence-electron chi connectivity index (χ4n) is 1.08. The van der Waals surface area contributed by atoms with Crippen molar-refractivity contribution < 1.29 is 14.9 Å². The predicted molar refractivity (Wildman–Crippen MR) is 78.7 cm³/mol. The van der Waals surface area contributed by atoms with Gasteiger partial charge in [-0.1, -0.05) is 35.9 Å². The van der Waals surface area contributed by atoms with Crippen LogP contribution in [-0.2, 0) is 4.89 Å². The number of hydrogen-bond acceptors (Lipinski definition) is 3. The summed E-state index contributed by atoms with van der Waals surface area (Å²) in [6, 6.07) is 16.3. The lowest BCUT2D eigenvalue weighted by Gasteiger charge is -1.95. The second-order valence-corrected chi connectivity index (χ2v) is 4.87. The molecule has 94 valence electrons. The highest BCUT2D eigenvalue weighted by molar-refractivity contribution is 14.1. The summed E-state index contributed by atoms with van der Waals surface area (Å²) in [7, 11) is 0. The number of carbonyl (C=O) groups excluding carboxylic acids is 1. The summed E-state index contributed by atoms with van der Waals surface area (Å²) in [5, 5.41) is 8.41. The third-order valence-corrected chi connectivity index (χ3v) is 2.83. The molecule has 2 rings (SSSR count). The maximum Gasteiger partial charge on any atom is 0.372 e. The molecule has 0 aliphatic carbocycles. The van der Waals surface area contributed by atoms with Crippen molar-refractivity contribution in [3.8, 4) is 0 Å². The summed E-state index contributed by atoms with van der Waals surface area (Å²) in [6.45, 7) is 0. The molecule has 0 radical (unpaired) electrons. The minimum absolute atomic E-state index is 0.222. The summed E-state index contributed by atoms with van der Waals surface area (Å²) in [5.41, 5.74) is 0.222. The van der Waals surface area contributed by atoms with Crippen LogP contribution in [0.2, 0.25) is 5.02 Å². The van der Waals surface area contributed by atoms with Crippen LogP contribution >= 0.6 is 34.2 Å². The van der Waals surface area contributed by atoms with Gasteiger partial charge in [0.25, 0.3) is 0 Å². The zero-order chi connectivity index (χ0) is 13.4. The van der Waals surface area contributed by atoms with Gasteiger partial charge in [-0.15, -0.1) is 0 Å². The summed E-state index contributed by atoms with van der Waals surface area (Å²) >= 11 is 7.84. The molecule has 0 atom stereocenters. The lowest BCUT2D eigenvalue weighted by molar-refractivity contribution is -0.182.